The largest absolute Gasteiger partial charge is 0.453 e. The van der Waals surface area contributed by atoms with Gasteiger partial charge >= 0.3 is 7.12 Å². The monoisotopic (exact) mass is 1770 g/mol. The molecular weight excluding hydrogens is 1630 g/mol. The van der Waals surface area contributed by atoms with E-state index < -0.39 is 7.12 Å². The Hall–Kier alpha value is -9.13. The number of hydrogen-bond donors (Lipinski definition) is 2. The summed E-state index contributed by atoms with van der Waals surface area (Å²) in [6.07, 6.45) is 1.33. The first kappa shape index (κ1) is 113. The normalized spacial score (nSPS) is 9.35. The van der Waals surface area contributed by atoms with Crippen LogP contribution in [-0.2, 0) is 84.9 Å². The van der Waals surface area contributed by atoms with Gasteiger partial charge in [-0.1, -0.05) is 365 Å². The zero-order chi connectivity index (χ0) is 89.3. The Labute approximate surface area is 789 Å². The van der Waals surface area contributed by atoms with Gasteiger partial charge in [0.1, 0.15) is 0 Å². The van der Waals surface area contributed by atoms with Crippen molar-refractivity contribution in [2.75, 3.05) is 0 Å². The van der Waals surface area contributed by atoms with Gasteiger partial charge in [-0.2, -0.15) is 97.1 Å². The van der Waals surface area contributed by atoms with Crippen LogP contribution in [0.1, 0.15) is 188 Å². The predicted octanol–water partition coefficient (Wildman–Crippen LogP) is 35.1. The molecule has 2 N–H and O–H groups in total. The van der Waals surface area contributed by atoms with Crippen molar-refractivity contribution in [3.63, 3.8) is 0 Å². The predicted molar refractivity (Wildman–Crippen MR) is 545 cm³/mol. The quantitative estimate of drug-likeness (QED) is 0.0905. The molecule has 2 heterocycles. The number of aryl methyl sites for hydroxylation is 6. The fraction of sp³-hybridized carbons (Fsp3) is 0.270. The van der Waals surface area contributed by atoms with Gasteiger partial charge in [-0.25, -0.2) is 22.3 Å². The van der Waals surface area contributed by atoms with Crippen molar-refractivity contribution >= 4 is 115 Å². The number of para-hydroxylation sites is 2. The van der Waals surface area contributed by atoms with Crippen LogP contribution in [0.4, 0.5) is 0 Å². The number of rotatable bonds is 8. The van der Waals surface area contributed by atoms with Crippen molar-refractivity contribution in [3.8, 4) is 22.3 Å². The van der Waals surface area contributed by atoms with E-state index in [1.165, 1.54) is 119 Å². The summed E-state index contributed by atoms with van der Waals surface area (Å²) in [6, 6.07) is 123. The molecule has 0 aliphatic heterocycles. The maximum atomic E-state index is 9.08. The first-order valence-corrected chi connectivity index (χ1v) is 45.0. The van der Waals surface area contributed by atoms with Crippen LogP contribution in [0.2, 0.25) is 6.32 Å². The third-order valence-corrected chi connectivity index (χ3v) is 18.2. The summed E-state index contributed by atoms with van der Waals surface area (Å²) in [5.74, 6) is 0. The number of hydrogen-bond acceptors (Lipinski definition) is 2. The molecular formula is C115H143BN2O2Y2-4. The molecule has 0 bridgehead atoms. The molecule has 18 aromatic rings. The molecule has 0 amide bonds. The van der Waals surface area contributed by atoms with Gasteiger partial charge in [-0.3, -0.25) is 0 Å². The first-order valence-electron chi connectivity index (χ1n) is 45.0. The van der Waals surface area contributed by atoms with E-state index >= 15 is 0 Å². The SMILES string of the molecule is CC.CC.CC.CC.CC.CC.CC.CC.CC.CC.CC.CC.Cc1ccc2c(c1)c1ccccc1n2CCB(O)O.Cc1ccc2c(c1)c1ccccc1n2CCc1ccc2c3ccccc3c3ccccc3c2c1.Cc1ccc2c3ccccc3c3ccccc3c2c1.[Y].[Y].[c-]1ccccc1-c1[c-]cccc1.[c-]1ccccc1-c1[c-]cccc1. The van der Waals surface area contributed by atoms with E-state index in [1.807, 2.05) is 275 Å². The Kier molecular flexibility index (Phi) is 61.5. The Morgan fingerprint density at radius 3 is 0.730 bits per heavy atom. The summed E-state index contributed by atoms with van der Waals surface area (Å²) < 4.78 is 4.65. The van der Waals surface area contributed by atoms with Crippen LogP contribution in [0.5, 0.6) is 0 Å². The molecule has 0 saturated heterocycles. The van der Waals surface area contributed by atoms with Crippen molar-refractivity contribution in [3.05, 3.63) is 362 Å². The second-order valence-corrected chi connectivity index (χ2v) is 24.6. The van der Waals surface area contributed by atoms with E-state index in [2.05, 4.69) is 260 Å². The fourth-order valence-electron chi connectivity index (χ4n) is 13.7. The minimum atomic E-state index is -1.26. The summed E-state index contributed by atoms with van der Waals surface area (Å²) >= 11 is 0. The molecule has 0 aliphatic carbocycles. The third kappa shape index (κ3) is 31.3. The summed E-state index contributed by atoms with van der Waals surface area (Å²) in [6.45, 7) is 56.0. The zero-order valence-electron chi connectivity index (χ0n) is 79.4. The minimum absolute atomic E-state index is 0. The van der Waals surface area contributed by atoms with Crippen LogP contribution < -0.4 is 0 Å². The number of benzene rings is 16. The number of nitrogens with zero attached hydrogens (tertiary/aromatic N) is 2. The minimum Gasteiger partial charge on any atom is -0.427 e. The molecule has 2 aromatic heterocycles. The molecule has 0 aliphatic rings. The topological polar surface area (TPSA) is 50.3 Å². The molecule has 2 radical (unpaired) electrons. The number of fused-ring (bicyclic) bond motifs is 18. The summed E-state index contributed by atoms with van der Waals surface area (Å²) in [7, 11) is -1.26. The van der Waals surface area contributed by atoms with Gasteiger partial charge in [-0.15, -0.1) is 24.3 Å². The summed E-state index contributed by atoms with van der Waals surface area (Å²) in [5.41, 5.74) is 14.5. The van der Waals surface area contributed by atoms with Gasteiger partial charge in [0.25, 0.3) is 0 Å². The summed E-state index contributed by atoms with van der Waals surface area (Å²) in [5, 5.41) is 39.4. The van der Waals surface area contributed by atoms with Gasteiger partial charge in [0.2, 0.25) is 0 Å². The maximum Gasteiger partial charge on any atom is 0.453 e. The van der Waals surface area contributed by atoms with E-state index in [1.54, 1.807) is 0 Å². The van der Waals surface area contributed by atoms with Crippen LogP contribution in [0.3, 0.4) is 0 Å². The maximum absolute atomic E-state index is 9.08. The first-order chi connectivity index (χ1) is 59.2. The van der Waals surface area contributed by atoms with Crippen LogP contribution in [0.25, 0.3) is 131 Å². The molecule has 0 unspecified atom stereocenters. The summed E-state index contributed by atoms with van der Waals surface area (Å²) in [4.78, 5) is 0. The van der Waals surface area contributed by atoms with E-state index in [4.69, 9.17) is 10.0 Å². The van der Waals surface area contributed by atoms with Crippen molar-refractivity contribution in [2.24, 2.45) is 0 Å². The molecule has 122 heavy (non-hydrogen) atoms. The van der Waals surface area contributed by atoms with Crippen LogP contribution in [0, 0.1) is 45.0 Å². The van der Waals surface area contributed by atoms with Gasteiger partial charge in [-0.05, 0) is 140 Å². The Bertz CT molecular complexity index is 5520. The number of aromatic nitrogens is 2. The molecule has 4 nitrogen and oxygen atoms in total. The van der Waals surface area contributed by atoms with E-state index in [9.17, 15) is 0 Å². The molecule has 638 valence electrons. The standard InChI is InChI=1S/C33H25N.C19H14.C15H16BNO2.2C12H8.12C2H6.2Y/c1-22-14-17-33-31(20-22)29-12-6-7-13-32(29)34(33)19-18-23-15-16-28-26-10-3-2-8-24(26)25-9-4-5-11-27(25)30(28)21-23;1-13-10-11-18-16-8-3-2-6-14(16)15-7-4-5-9-17(15)19(18)12-13;1-11-6-7-15-13(10-11)12-4-2-3-5-14(12)17(15)9-8-16(18)19;2*1-3-7-11(8-4-1)12-9-5-2-6-10-12;12*1-2;;/h2-17,20-21H,18-19H2,1H3;2-12H,1H3;2-7,10,18-19H,8-9H2,1H3;2*1-7,9H;12*1-2H3;;/q;;;2*-2;;;;;;;;;;;;;;. The van der Waals surface area contributed by atoms with Crippen molar-refractivity contribution in [2.45, 2.75) is 213 Å². The Morgan fingerprint density at radius 2 is 0.443 bits per heavy atom. The fourth-order valence-corrected chi connectivity index (χ4v) is 13.7. The van der Waals surface area contributed by atoms with Gasteiger partial charge in [0.05, 0.1) is 0 Å². The van der Waals surface area contributed by atoms with E-state index in [0.29, 0.717) is 12.9 Å². The Balaban J connectivity index is 0.00000146. The van der Waals surface area contributed by atoms with Gasteiger partial charge in [0, 0.05) is 122 Å². The Morgan fingerprint density at radius 1 is 0.221 bits per heavy atom. The van der Waals surface area contributed by atoms with Crippen molar-refractivity contribution in [1.82, 2.24) is 9.13 Å². The van der Waals surface area contributed by atoms with Gasteiger partial charge in [0.15, 0.2) is 0 Å². The molecule has 18 rings (SSSR count). The molecule has 16 aromatic carbocycles. The second kappa shape index (κ2) is 66.4. The zero-order valence-corrected chi connectivity index (χ0v) is 85.0. The average Bonchev–Trinajstić information content (AvgIpc) is 0.825. The van der Waals surface area contributed by atoms with E-state index in [-0.39, 0.29) is 65.4 Å². The van der Waals surface area contributed by atoms with Crippen molar-refractivity contribution in [1.29, 1.82) is 0 Å². The van der Waals surface area contributed by atoms with Crippen LogP contribution in [0.15, 0.2) is 315 Å². The average molecular weight is 1770 g/mol. The van der Waals surface area contributed by atoms with Gasteiger partial charge < -0.3 is 19.2 Å². The molecule has 0 fully saturated rings. The third-order valence-electron chi connectivity index (χ3n) is 18.2. The van der Waals surface area contributed by atoms with Crippen LogP contribution in [-0.4, -0.2) is 26.3 Å². The van der Waals surface area contributed by atoms with Crippen LogP contribution >= 0.6 is 0 Å². The second-order valence-electron chi connectivity index (χ2n) is 24.6. The molecule has 0 saturated carbocycles. The van der Waals surface area contributed by atoms with Crippen molar-refractivity contribution < 1.29 is 75.5 Å². The smallest absolute Gasteiger partial charge is 0.427 e. The molecule has 7 heteroatoms. The van der Waals surface area contributed by atoms with E-state index in [0.717, 1.165) is 46.3 Å². The molecule has 0 atom stereocenters. The molecule has 0 spiro atoms.